The van der Waals surface area contributed by atoms with E-state index in [1.165, 1.54) is 4.57 Å². The average Bonchev–Trinajstić information content (AvgIpc) is 3.15. The number of nitrogens with one attached hydrogen (secondary N) is 1. The molecule has 0 aliphatic carbocycles. The largest absolute Gasteiger partial charge is 0.506 e. The van der Waals surface area contributed by atoms with Gasteiger partial charge in [-0.15, -0.1) is 0 Å². The maximum atomic E-state index is 13.0. The molecule has 0 radical (unpaired) electrons. The highest BCUT2D eigenvalue weighted by Crippen LogP contribution is 2.34. The van der Waals surface area contributed by atoms with Gasteiger partial charge in [-0.05, 0) is 36.4 Å². The summed E-state index contributed by atoms with van der Waals surface area (Å²) in [4.78, 5) is 23.0. The summed E-state index contributed by atoms with van der Waals surface area (Å²) in [5, 5.41) is 11.8. The number of nitrogens with zero attached hydrogens (tertiary/aromatic N) is 3. The van der Waals surface area contributed by atoms with Gasteiger partial charge in [-0.3, -0.25) is 4.79 Å². The first-order chi connectivity index (χ1) is 14.0. The summed E-state index contributed by atoms with van der Waals surface area (Å²) >= 11 is 6.10. The van der Waals surface area contributed by atoms with Gasteiger partial charge in [0.25, 0.3) is 5.56 Å². The van der Waals surface area contributed by atoms with Crippen molar-refractivity contribution in [3.8, 4) is 17.1 Å². The zero-order valence-electron chi connectivity index (χ0n) is 15.8. The van der Waals surface area contributed by atoms with Gasteiger partial charge >= 0.3 is 0 Å². The van der Waals surface area contributed by atoms with Crippen LogP contribution in [0.15, 0.2) is 41.2 Å². The SMILES string of the molecule is Cn1c(=O)c(-c2nc3ccc(N4CCOCC4)cc3[nH]2)c(O)c2cc(Cl)ccc21. The zero-order valence-corrected chi connectivity index (χ0v) is 16.5. The Balaban J connectivity index is 1.67. The van der Waals surface area contributed by atoms with Crippen LogP contribution in [-0.2, 0) is 11.8 Å². The molecule has 0 unspecified atom stereocenters. The van der Waals surface area contributed by atoms with Gasteiger partial charge in [0, 0.05) is 36.2 Å². The fourth-order valence-electron chi connectivity index (χ4n) is 3.85. The Hall–Kier alpha value is -3.03. The molecule has 0 spiro atoms. The van der Waals surface area contributed by atoms with E-state index in [2.05, 4.69) is 14.9 Å². The van der Waals surface area contributed by atoms with E-state index in [1.54, 1.807) is 25.2 Å². The molecule has 8 heteroatoms. The second-order valence-corrected chi connectivity index (χ2v) is 7.57. The van der Waals surface area contributed by atoms with Crippen molar-refractivity contribution in [3.05, 3.63) is 51.8 Å². The molecule has 0 bridgehead atoms. The number of anilines is 1. The third-order valence-corrected chi connectivity index (χ3v) is 5.64. The molecule has 0 saturated carbocycles. The van der Waals surface area contributed by atoms with Crippen LogP contribution in [0, 0.1) is 0 Å². The third-order valence-electron chi connectivity index (χ3n) is 5.41. The first kappa shape index (κ1) is 18.0. The van der Waals surface area contributed by atoms with Crippen LogP contribution in [0.3, 0.4) is 0 Å². The lowest BCUT2D eigenvalue weighted by Gasteiger charge is -2.28. The van der Waals surface area contributed by atoms with Gasteiger partial charge in [0.05, 0.1) is 29.8 Å². The lowest BCUT2D eigenvalue weighted by Crippen LogP contribution is -2.36. The summed E-state index contributed by atoms with van der Waals surface area (Å²) in [6.07, 6.45) is 0. The van der Waals surface area contributed by atoms with E-state index in [1.807, 2.05) is 18.2 Å². The number of ether oxygens (including phenoxy) is 1. The average molecular weight is 411 g/mol. The van der Waals surface area contributed by atoms with Gasteiger partial charge in [0.15, 0.2) is 0 Å². The number of hydrogen-bond donors (Lipinski definition) is 2. The standard InChI is InChI=1S/C21H19ClN4O3/c1-25-17-5-2-12(22)10-14(17)19(27)18(21(25)28)20-23-15-4-3-13(11-16(15)24-20)26-6-8-29-9-7-26/h2-5,10-11,27H,6-9H2,1H3,(H,23,24). The summed E-state index contributed by atoms with van der Waals surface area (Å²) in [6, 6.07) is 11.0. The van der Waals surface area contributed by atoms with Gasteiger partial charge in [0.2, 0.25) is 0 Å². The number of pyridine rings is 1. The minimum absolute atomic E-state index is 0.127. The van der Waals surface area contributed by atoms with Crippen molar-refractivity contribution >= 4 is 39.2 Å². The Bertz CT molecular complexity index is 1310. The Morgan fingerprint density at radius 3 is 2.76 bits per heavy atom. The van der Waals surface area contributed by atoms with Crippen LogP contribution in [0.1, 0.15) is 0 Å². The highest BCUT2D eigenvalue weighted by molar-refractivity contribution is 6.31. The molecule has 148 valence electrons. The number of H-pyrrole nitrogens is 1. The number of aromatic hydroxyl groups is 1. The van der Waals surface area contributed by atoms with Crippen molar-refractivity contribution in [3.63, 3.8) is 0 Å². The molecule has 5 rings (SSSR count). The number of aromatic amines is 1. The van der Waals surface area contributed by atoms with E-state index < -0.39 is 0 Å². The molecule has 0 amide bonds. The monoisotopic (exact) mass is 410 g/mol. The highest BCUT2D eigenvalue weighted by Gasteiger charge is 2.20. The quantitative estimate of drug-likeness (QED) is 0.530. The van der Waals surface area contributed by atoms with Crippen LogP contribution >= 0.6 is 11.6 Å². The molecular weight excluding hydrogens is 392 g/mol. The predicted molar refractivity (Wildman–Crippen MR) is 114 cm³/mol. The van der Waals surface area contributed by atoms with Crippen molar-refractivity contribution in [1.29, 1.82) is 0 Å². The van der Waals surface area contributed by atoms with Gasteiger partial charge < -0.3 is 24.3 Å². The maximum absolute atomic E-state index is 13.0. The Labute approximate surface area is 171 Å². The molecular formula is C21H19ClN4O3. The van der Waals surface area contributed by atoms with Crippen LogP contribution < -0.4 is 10.5 Å². The van der Waals surface area contributed by atoms with Crippen molar-refractivity contribution in [2.45, 2.75) is 0 Å². The summed E-state index contributed by atoms with van der Waals surface area (Å²) in [6.45, 7) is 3.07. The fourth-order valence-corrected chi connectivity index (χ4v) is 4.02. The number of fused-ring (bicyclic) bond motifs is 2. The number of halogens is 1. The van der Waals surface area contributed by atoms with Crippen LogP contribution in [0.5, 0.6) is 5.75 Å². The van der Waals surface area contributed by atoms with Crippen molar-refractivity contribution < 1.29 is 9.84 Å². The maximum Gasteiger partial charge on any atom is 0.265 e. The molecule has 1 saturated heterocycles. The fraction of sp³-hybridized carbons (Fsp3) is 0.238. The zero-order chi connectivity index (χ0) is 20.1. The number of hydrogen-bond acceptors (Lipinski definition) is 5. The van der Waals surface area contributed by atoms with Gasteiger partial charge in [-0.1, -0.05) is 11.6 Å². The van der Waals surface area contributed by atoms with E-state index in [4.69, 9.17) is 16.3 Å². The lowest BCUT2D eigenvalue weighted by molar-refractivity contribution is 0.122. The smallest absolute Gasteiger partial charge is 0.265 e. The molecule has 7 nitrogen and oxygen atoms in total. The van der Waals surface area contributed by atoms with E-state index in [0.29, 0.717) is 35.0 Å². The topological polar surface area (TPSA) is 83.4 Å². The molecule has 1 aliphatic rings. The minimum Gasteiger partial charge on any atom is -0.506 e. The number of benzene rings is 2. The third kappa shape index (κ3) is 2.94. The van der Waals surface area contributed by atoms with Crippen LogP contribution in [0.25, 0.3) is 33.3 Å². The van der Waals surface area contributed by atoms with Gasteiger partial charge in [0.1, 0.15) is 17.1 Å². The van der Waals surface area contributed by atoms with E-state index in [0.717, 1.165) is 29.8 Å². The second kappa shape index (κ2) is 6.79. The summed E-state index contributed by atoms with van der Waals surface area (Å²) in [5.74, 6) is 0.206. The number of imidazole rings is 1. The van der Waals surface area contributed by atoms with Crippen molar-refractivity contribution in [2.75, 3.05) is 31.2 Å². The number of rotatable bonds is 2. The predicted octanol–water partition coefficient (Wildman–Crippen LogP) is 3.28. The molecule has 2 aromatic heterocycles. The summed E-state index contributed by atoms with van der Waals surface area (Å²) in [7, 11) is 1.67. The second-order valence-electron chi connectivity index (χ2n) is 7.14. The lowest BCUT2D eigenvalue weighted by atomic mass is 10.1. The molecule has 3 heterocycles. The molecule has 4 aromatic rings. The first-order valence-corrected chi connectivity index (χ1v) is 9.75. The molecule has 29 heavy (non-hydrogen) atoms. The van der Waals surface area contributed by atoms with Gasteiger partial charge in [-0.25, -0.2) is 4.98 Å². The van der Waals surface area contributed by atoms with E-state index >= 15 is 0 Å². The van der Waals surface area contributed by atoms with Crippen molar-refractivity contribution in [1.82, 2.24) is 14.5 Å². The van der Waals surface area contributed by atoms with Crippen molar-refractivity contribution in [2.24, 2.45) is 7.05 Å². The van der Waals surface area contributed by atoms with Gasteiger partial charge in [-0.2, -0.15) is 0 Å². The number of morpholine rings is 1. The Morgan fingerprint density at radius 2 is 1.97 bits per heavy atom. The molecule has 1 aliphatic heterocycles. The molecule has 2 N–H and O–H groups in total. The van der Waals surface area contributed by atoms with Crippen LogP contribution in [0.4, 0.5) is 5.69 Å². The minimum atomic E-state index is -0.329. The molecule has 1 fully saturated rings. The number of aromatic nitrogens is 3. The Morgan fingerprint density at radius 1 is 1.17 bits per heavy atom. The summed E-state index contributed by atoms with van der Waals surface area (Å²) in [5.41, 5.74) is 3.00. The summed E-state index contributed by atoms with van der Waals surface area (Å²) < 4.78 is 6.91. The van der Waals surface area contributed by atoms with E-state index in [-0.39, 0.29) is 16.9 Å². The van der Waals surface area contributed by atoms with Crippen LogP contribution in [0.2, 0.25) is 5.02 Å². The first-order valence-electron chi connectivity index (χ1n) is 9.37. The number of aryl methyl sites for hydroxylation is 1. The normalized spacial score (nSPS) is 14.8. The highest BCUT2D eigenvalue weighted by atomic mass is 35.5. The van der Waals surface area contributed by atoms with Crippen LogP contribution in [-0.4, -0.2) is 45.9 Å². The molecule has 0 atom stereocenters. The Kier molecular flexibility index (Phi) is 4.22. The molecule has 2 aromatic carbocycles. The van der Waals surface area contributed by atoms with E-state index in [9.17, 15) is 9.90 Å².